The molecular formula is C21H24N4O. The fraction of sp³-hybridized carbons (Fsp3) is 0.429. The van der Waals surface area contributed by atoms with Crippen LogP contribution in [-0.4, -0.2) is 37.9 Å². The minimum absolute atomic E-state index is 0.477. The van der Waals surface area contributed by atoms with Crippen molar-refractivity contribution in [2.75, 3.05) is 31.1 Å². The molecule has 5 nitrogen and oxygen atoms in total. The van der Waals surface area contributed by atoms with Crippen LogP contribution in [-0.2, 0) is 4.74 Å². The molecule has 1 atom stereocenters. The first-order chi connectivity index (χ1) is 12.5. The zero-order valence-corrected chi connectivity index (χ0v) is 15.3. The van der Waals surface area contributed by atoms with E-state index in [-0.39, 0.29) is 0 Å². The molecule has 1 saturated heterocycles. The normalized spacial score (nSPS) is 22.3. The van der Waals surface area contributed by atoms with Gasteiger partial charge in [0.2, 0.25) is 0 Å². The van der Waals surface area contributed by atoms with E-state index in [1.165, 1.54) is 5.69 Å². The second-order valence-electron chi connectivity index (χ2n) is 7.11. The number of hydrogen-bond donors (Lipinski definition) is 1. The maximum Gasteiger partial charge on any atom is 0.162 e. The lowest BCUT2D eigenvalue weighted by atomic mass is 9.97. The van der Waals surface area contributed by atoms with Gasteiger partial charge in [-0.25, -0.2) is 0 Å². The zero-order valence-electron chi connectivity index (χ0n) is 15.3. The Morgan fingerprint density at radius 2 is 1.81 bits per heavy atom. The zero-order chi connectivity index (χ0) is 18.6. The van der Waals surface area contributed by atoms with Gasteiger partial charge < -0.3 is 15.0 Å². The van der Waals surface area contributed by atoms with Crippen LogP contribution in [0.15, 0.2) is 42.0 Å². The van der Waals surface area contributed by atoms with Crippen LogP contribution in [0.3, 0.4) is 0 Å². The third-order valence-electron chi connectivity index (χ3n) is 4.91. The van der Waals surface area contributed by atoms with Gasteiger partial charge in [-0.3, -0.25) is 0 Å². The van der Waals surface area contributed by atoms with E-state index in [1.54, 1.807) is 0 Å². The number of nitrogens with one attached hydrogen (secondary N) is 1. The first kappa shape index (κ1) is 18.2. The number of nitriles is 2. The van der Waals surface area contributed by atoms with Crippen LogP contribution in [0.25, 0.3) is 6.08 Å². The van der Waals surface area contributed by atoms with Gasteiger partial charge in [0.25, 0.3) is 0 Å². The molecular weight excluding hydrogens is 324 g/mol. The third-order valence-corrected chi connectivity index (χ3v) is 4.91. The van der Waals surface area contributed by atoms with Crippen molar-refractivity contribution in [3.8, 4) is 12.1 Å². The molecule has 2 heterocycles. The molecule has 5 heteroatoms. The average molecular weight is 348 g/mol. The summed E-state index contributed by atoms with van der Waals surface area (Å²) in [5.74, 6) is -0.779. The average Bonchev–Trinajstić information content (AvgIpc) is 2.96. The Bertz CT molecular complexity index is 760. The van der Waals surface area contributed by atoms with Gasteiger partial charge in [0.15, 0.2) is 5.92 Å². The Hall–Kier alpha value is -2.60. The van der Waals surface area contributed by atoms with Gasteiger partial charge in [-0.2, -0.15) is 10.5 Å². The molecule has 1 aromatic carbocycles. The number of benzene rings is 1. The Kier molecular flexibility index (Phi) is 5.42. The van der Waals surface area contributed by atoms with Crippen LogP contribution in [0.5, 0.6) is 0 Å². The van der Waals surface area contributed by atoms with Crippen LogP contribution in [0.2, 0.25) is 0 Å². The fourth-order valence-electron chi connectivity index (χ4n) is 3.32. The van der Waals surface area contributed by atoms with Crippen molar-refractivity contribution in [1.29, 1.82) is 10.5 Å². The summed E-state index contributed by atoms with van der Waals surface area (Å²) >= 11 is 0. The highest BCUT2D eigenvalue weighted by atomic mass is 16.5. The van der Waals surface area contributed by atoms with Gasteiger partial charge in [-0.1, -0.05) is 24.3 Å². The van der Waals surface area contributed by atoms with E-state index in [0.29, 0.717) is 0 Å². The lowest BCUT2D eigenvalue weighted by molar-refractivity contribution is -0.0103. The quantitative estimate of drug-likeness (QED) is 0.906. The van der Waals surface area contributed by atoms with E-state index in [0.717, 1.165) is 37.3 Å². The standard InChI is InChI=1S/C21H24N4O/c1-21(2)18(13-20(26-21)17(14-22)15-23)6-3-16-4-7-19(8-5-16)25-11-9-24-10-12-25/h3-8,13,17,20,24H,9-12H2,1-2H3. The van der Waals surface area contributed by atoms with Crippen LogP contribution in [0.4, 0.5) is 5.69 Å². The van der Waals surface area contributed by atoms with Gasteiger partial charge in [-0.15, -0.1) is 0 Å². The second-order valence-corrected chi connectivity index (χ2v) is 7.11. The van der Waals surface area contributed by atoms with E-state index in [9.17, 15) is 0 Å². The van der Waals surface area contributed by atoms with E-state index >= 15 is 0 Å². The van der Waals surface area contributed by atoms with Crippen molar-refractivity contribution >= 4 is 11.8 Å². The smallest absolute Gasteiger partial charge is 0.162 e. The van der Waals surface area contributed by atoms with Gasteiger partial charge in [-0.05, 0) is 43.2 Å². The highest BCUT2D eigenvalue weighted by molar-refractivity contribution is 5.59. The summed E-state index contributed by atoms with van der Waals surface area (Å²) in [5, 5.41) is 21.5. The first-order valence-corrected chi connectivity index (χ1v) is 8.96. The first-order valence-electron chi connectivity index (χ1n) is 8.96. The summed E-state index contributed by atoms with van der Waals surface area (Å²) in [5.41, 5.74) is 2.84. The predicted molar refractivity (Wildman–Crippen MR) is 102 cm³/mol. The Morgan fingerprint density at radius 3 is 2.42 bits per heavy atom. The van der Waals surface area contributed by atoms with Gasteiger partial charge in [0.1, 0.15) is 6.10 Å². The van der Waals surface area contributed by atoms with Crippen LogP contribution >= 0.6 is 0 Å². The molecule has 0 bridgehead atoms. The SMILES string of the molecule is CC1(C)OC(C(C#N)C#N)C=C1C=Cc1ccc(N2CCNCC2)cc1. The molecule has 1 N–H and O–H groups in total. The lowest BCUT2D eigenvalue weighted by Gasteiger charge is -2.29. The maximum atomic E-state index is 9.08. The molecule has 1 aromatic rings. The molecule has 0 aromatic heterocycles. The summed E-state index contributed by atoms with van der Waals surface area (Å²) in [7, 11) is 0. The topological polar surface area (TPSA) is 72.1 Å². The summed E-state index contributed by atoms with van der Waals surface area (Å²) in [6.07, 6.45) is 5.48. The highest BCUT2D eigenvalue weighted by Gasteiger charge is 2.36. The molecule has 134 valence electrons. The molecule has 1 unspecified atom stereocenters. The molecule has 0 saturated carbocycles. The van der Waals surface area contributed by atoms with Crippen molar-refractivity contribution in [1.82, 2.24) is 5.32 Å². The van der Waals surface area contributed by atoms with E-state index in [1.807, 2.05) is 38.1 Å². The van der Waals surface area contributed by atoms with Crippen LogP contribution < -0.4 is 10.2 Å². The minimum atomic E-state index is -0.779. The van der Waals surface area contributed by atoms with E-state index in [2.05, 4.69) is 40.6 Å². The number of anilines is 1. The van der Waals surface area contributed by atoms with Crippen molar-refractivity contribution < 1.29 is 4.74 Å². The van der Waals surface area contributed by atoms with Gasteiger partial charge in [0, 0.05) is 31.9 Å². The molecule has 0 aliphatic carbocycles. The molecule has 2 aliphatic heterocycles. The van der Waals surface area contributed by atoms with Gasteiger partial charge >= 0.3 is 0 Å². The number of nitrogens with zero attached hydrogens (tertiary/aromatic N) is 3. The second kappa shape index (κ2) is 7.74. The molecule has 3 rings (SSSR count). The van der Waals surface area contributed by atoms with Gasteiger partial charge in [0.05, 0.1) is 17.7 Å². The molecule has 0 radical (unpaired) electrons. The summed E-state index contributed by atoms with van der Waals surface area (Å²) < 4.78 is 5.89. The fourth-order valence-corrected chi connectivity index (χ4v) is 3.32. The van der Waals surface area contributed by atoms with E-state index < -0.39 is 17.6 Å². The molecule has 1 fully saturated rings. The number of piperazine rings is 1. The van der Waals surface area contributed by atoms with Crippen LogP contribution in [0, 0.1) is 28.6 Å². The van der Waals surface area contributed by atoms with Crippen molar-refractivity contribution in [2.45, 2.75) is 25.6 Å². The number of ether oxygens (including phenoxy) is 1. The van der Waals surface area contributed by atoms with Crippen molar-refractivity contribution in [3.05, 3.63) is 47.6 Å². The lowest BCUT2D eigenvalue weighted by Crippen LogP contribution is -2.43. The van der Waals surface area contributed by atoms with Crippen molar-refractivity contribution in [3.63, 3.8) is 0 Å². The maximum absolute atomic E-state index is 9.08. The Labute approximate surface area is 155 Å². The van der Waals surface area contributed by atoms with Crippen LogP contribution in [0.1, 0.15) is 19.4 Å². The third kappa shape index (κ3) is 3.96. The number of rotatable bonds is 4. The summed E-state index contributed by atoms with van der Waals surface area (Å²) in [4.78, 5) is 2.38. The number of hydrogen-bond acceptors (Lipinski definition) is 5. The molecule has 2 aliphatic rings. The summed E-state index contributed by atoms with van der Waals surface area (Å²) in [6.45, 7) is 8.05. The molecule has 0 amide bonds. The monoisotopic (exact) mass is 348 g/mol. The molecule has 0 spiro atoms. The Balaban J connectivity index is 1.71. The largest absolute Gasteiger partial charge is 0.369 e. The van der Waals surface area contributed by atoms with E-state index in [4.69, 9.17) is 15.3 Å². The Morgan fingerprint density at radius 1 is 1.15 bits per heavy atom. The van der Waals surface area contributed by atoms with Crippen molar-refractivity contribution in [2.24, 2.45) is 5.92 Å². The summed E-state index contributed by atoms with van der Waals surface area (Å²) in [6, 6.07) is 12.5. The molecule has 26 heavy (non-hydrogen) atoms. The highest BCUT2D eigenvalue weighted by Crippen LogP contribution is 2.34. The minimum Gasteiger partial charge on any atom is -0.369 e. The predicted octanol–water partition coefficient (Wildman–Crippen LogP) is 2.88.